The second-order valence-electron chi connectivity index (χ2n) is 6.80. The van der Waals surface area contributed by atoms with E-state index in [4.69, 9.17) is 0 Å². The van der Waals surface area contributed by atoms with Gasteiger partial charge in [-0.05, 0) is 36.4 Å². The van der Waals surface area contributed by atoms with Crippen molar-refractivity contribution in [3.63, 3.8) is 0 Å². The van der Waals surface area contributed by atoms with E-state index in [1.165, 1.54) is 53.1 Å². The quantitative estimate of drug-likeness (QED) is 0.796. The highest BCUT2D eigenvalue weighted by atomic mass is 32.2. The first kappa shape index (κ1) is 19.8. The average molecular weight is 437 g/mol. The van der Waals surface area contributed by atoms with Crippen LogP contribution < -0.4 is 10.2 Å². The molecule has 2 aromatic rings. The SMILES string of the molecule is O=C(CN(C1=N[C@H]2CS(=O)(=O)C[C@@H]2S1)c1ccccc1F)Nc1ccc(F)cc1. The van der Waals surface area contributed by atoms with Crippen LogP contribution in [-0.4, -0.2) is 48.8 Å². The Bertz CT molecular complexity index is 1070. The molecular formula is C19H17F2N3O3S2. The summed E-state index contributed by atoms with van der Waals surface area (Å²) in [5.74, 6) is -1.40. The van der Waals surface area contributed by atoms with E-state index in [1.54, 1.807) is 12.1 Å². The summed E-state index contributed by atoms with van der Waals surface area (Å²) in [5.41, 5.74) is 0.588. The molecule has 0 spiro atoms. The number of thioether (sulfide) groups is 1. The van der Waals surface area contributed by atoms with E-state index in [0.717, 1.165) is 0 Å². The number of halogens is 2. The summed E-state index contributed by atoms with van der Waals surface area (Å²) in [6.45, 7) is -0.226. The molecule has 4 rings (SSSR count). The van der Waals surface area contributed by atoms with Gasteiger partial charge < -0.3 is 10.2 Å². The van der Waals surface area contributed by atoms with E-state index in [1.807, 2.05) is 0 Å². The molecule has 2 atom stereocenters. The van der Waals surface area contributed by atoms with Crippen LogP contribution in [0, 0.1) is 11.6 Å². The number of amides is 1. The molecule has 0 unspecified atom stereocenters. The Morgan fingerprint density at radius 3 is 2.55 bits per heavy atom. The maximum absolute atomic E-state index is 14.5. The van der Waals surface area contributed by atoms with Gasteiger partial charge >= 0.3 is 0 Å². The summed E-state index contributed by atoms with van der Waals surface area (Å²) in [6.07, 6.45) is 0. The monoisotopic (exact) mass is 437 g/mol. The third-order valence-electron chi connectivity index (χ3n) is 4.61. The molecule has 1 amide bonds. The molecule has 0 radical (unpaired) electrons. The molecule has 2 aliphatic rings. The lowest BCUT2D eigenvalue weighted by molar-refractivity contribution is -0.114. The van der Waals surface area contributed by atoms with E-state index < -0.39 is 33.4 Å². The van der Waals surface area contributed by atoms with Crippen LogP contribution in [0.15, 0.2) is 53.5 Å². The topological polar surface area (TPSA) is 78.8 Å². The highest BCUT2D eigenvalue weighted by Gasteiger charge is 2.44. The van der Waals surface area contributed by atoms with Gasteiger partial charge in [-0.25, -0.2) is 17.2 Å². The molecule has 2 aliphatic heterocycles. The molecule has 2 aromatic carbocycles. The standard InChI is InChI=1S/C19H17F2N3O3S2/c20-12-5-7-13(8-6-12)22-18(25)9-24(16-4-2-1-3-14(16)21)19-23-15-10-29(26,27)11-17(15)28-19/h1-8,15,17H,9-11H2,(H,22,25)/t15-,17-/m0/s1. The largest absolute Gasteiger partial charge is 0.325 e. The number of hydrogen-bond donors (Lipinski definition) is 1. The van der Waals surface area contributed by atoms with Gasteiger partial charge in [0.25, 0.3) is 0 Å². The fraction of sp³-hybridized carbons (Fsp3) is 0.263. The second-order valence-corrected chi connectivity index (χ2v) is 10.2. The molecule has 10 heteroatoms. The number of para-hydroxylation sites is 1. The van der Waals surface area contributed by atoms with Crippen molar-refractivity contribution in [3.05, 3.63) is 60.2 Å². The van der Waals surface area contributed by atoms with E-state index in [9.17, 15) is 22.0 Å². The van der Waals surface area contributed by atoms with Crippen molar-refractivity contribution >= 4 is 44.0 Å². The number of nitrogens with zero attached hydrogens (tertiary/aromatic N) is 2. The first-order valence-corrected chi connectivity index (χ1v) is 11.5. The zero-order chi connectivity index (χ0) is 20.6. The molecule has 6 nitrogen and oxygen atoms in total. The molecule has 0 aliphatic carbocycles. The van der Waals surface area contributed by atoms with Crippen LogP contribution in [0.3, 0.4) is 0 Å². The molecule has 0 bridgehead atoms. The van der Waals surface area contributed by atoms with Crippen molar-refractivity contribution in [2.45, 2.75) is 11.3 Å². The van der Waals surface area contributed by atoms with Gasteiger partial charge in [-0.2, -0.15) is 0 Å². The number of carbonyl (C=O) groups is 1. The number of hydrogen-bond acceptors (Lipinski definition) is 6. The highest BCUT2D eigenvalue weighted by molar-refractivity contribution is 8.15. The van der Waals surface area contributed by atoms with Crippen molar-refractivity contribution in [1.82, 2.24) is 0 Å². The third-order valence-corrected chi connectivity index (χ3v) is 7.86. The predicted molar refractivity (Wildman–Crippen MR) is 110 cm³/mol. The van der Waals surface area contributed by atoms with Gasteiger partial charge in [-0.3, -0.25) is 9.79 Å². The maximum Gasteiger partial charge on any atom is 0.244 e. The van der Waals surface area contributed by atoms with Gasteiger partial charge in [0.15, 0.2) is 15.0 Å². The van der Waals surface area contributed by atoms with E-state index in [2.05, 4.69) is 10.3 Å². The lowest BCUT2D eigenvalue weighted by Crippen LogP contribution is -2.37. The lowest BCUT2D eigenvalue weighted by Gasteiger charge is -2.24. The lowest BCUT2D eigenvalue weighted by atomic mass is 10.2. The number of amidine groups is 1. The zero-order valence-electron chi connectivity index (χ0n) is 15.1. The number of benzene rings is 2. The average Bonchev–Trinajstić information content (AvgIpc) is 3.16. The van der Waals surface area contributed by atoms with Gasteiger partial charge in [0, 0.05) is 10.9 Å². The fourth-order valence-corrected chi connectivity index (χ4v) is 7.05. The van der Waals surface area contributed by atoms with Crippen molar-refractivity contribution in [2.24, 2.45) is 4.99 Å². The molecular weight excluding hydrogens is 420 g/mol. The summed E-state index contributed by atoms with van der Waals surface area (Å²) in [6, 6.07) is 10.9. The van der Waals surface area contributed by atoms with Crippen molar-refractivity contribution in [3.8, 4) is 0 Å². The number of rotatable bonds is 4. The zero-order valence-corrected chi connectivity index (χ0v) is 16.7. The van der Waals surface area contributed by atoms with Crippen LogP contribution in [0.2, 0.25) is 0 Å². The van der Waals surface area contributed by atoms with E-state index >= 15 is 0 Å². The highest BCUT2D eigenvalue weighted by Crippen LogP contribution is 2.37. The fourth-order valence-electron chi connectivity index (χ4n) is 3.27. The maximum atomic E-state index is 14.5. The smallest absolute Gasteiger partial charge is 0.244 e. The van der Waals surface area contributed by atoms with Gasteiger partial charge in [0.05, 0.1) is 23.2 Å². The Morgan fingerprint density at radius 1 is 1.14 bits per heavy atom. The molecule has 0 aromatic heterocycles. The van der Waals surface area contributed by atoms with Crippen LogP contribution >= 0.6 is 11.8 Å². The Hall–Kier alpha value is -2.46. The normalized spacial score (nSPS) is 22.1. The molecule has 1 N–H and O–H groups in total. The van der Waals surface area contributed by atoms with Crippen molar-refractivity contribution < 1.29 is 22.0 Å². The van der Waals surface area contributed by atoms with Gasteiger partial charge in [-0.1, -0.05) is 23.9 Å². The predicted octanol–water partition coefficient (Wildman–Crippen LogP) is 2.68. The first-order valence-electron chi connectivity index (χ1n) is 8.83. The second kappa shape index (κ2) is 7.75. The Balaban J connectivity index is 1.57. The van der Waals surface area contributed by atoms with Gasteiger partial charge in [0.1, 0.15) is 18.2 Å². The molecule has 1 fully saturated rings. The molecule has 0 saturated carbocycles. The number of carbonyl (C=O) groups excluding carboxylic acids is 1. The number of fused-ring (bicyclic) bond motifs is 1. The Kier molecular flexibility index (Phi) is 5.30. The van der Waals surface area contributed by atoms with Crippen LogP contribution in [0.1, 0.15) is 0 Å². The number of aliphatic imine (C=N–C) groups is 1. The molecule has 1 saturated heterocycles. The van der Waals surface area contributed by atoms with Crippen LogP contribution in [0.25, 0.3) is 0 Å². The number of nitrogens with one attached hydrogen (secondary N) is 1. The minimum absolute atomic E-state index is 0.0161. The minimum Gasteiger partial charge on any atom is -0.325 e. The first-order chi connectivity index (χ1) is 13.8. The van der Waals surface area contributed by atoms with Crippen molar-refractivity contribution in [1.29, 1.82) is 0 Å². The van der Waals surface area contributed by atoms with E-state index in [-0.39, 0.29) is 29.0 Å². The van der Waals surface area contributed by atoms with Crippen LogP contribution in [0.4, 0.5) is 20.2 Å². The van der Waals surface area contributed by atoms with Gasteiger partial charge in [-0.15, -0.1) is 0 Å². The molecule has 29 heavy (non-hydrogen) atoms. The summed E-state index contributed by atoms with van der Waals surface area (Å²) < 4.78 is 51.1. The molecule has 152 valence electrons. The Morgan fingerprint density at radius 2 is 1.86 bits per heavy atom. The molecule has 2 heterocycles. The van der Waals surface area contributed by atoms with E-state index in [0.29, 0.717) is 10.9 Å². The Labute approximate surface area is 170 Å². The number of anilines is 2. The minimum atomic E-state index is -3.13. The van der Waals surface area contributed by atoms with Crippen molar-refractivity contribution in [2.75, 3.05) is 28.3 Å². The van der Waals surface area contributed by atoms with Crippen LogP contribution in [-0.2, 0) is 14.6 Å². The third kappa shape index (κ3) is 4.43. The number of sulfone groups is 1. The summed E-state index contributed by atoms with van der Waals surface area (Å²) in [4.78, 5) is 18.5. The van der Waals surface area contributed by atoms with Gasteiger partial charge in [0.2, 0.25) is 5.91 Å². The van der Waals surface area contributed by atoms with Crippen LogP contribution in [0.5, 0.6) is 0 Å². The summed E-state index contributed by atoms with van der Waals surface area (Å²) in [5, 5.41) is 2.83. The summed E-state index contributed by atoms with van der Waals surface area (Å²) >= 11 is 1.25. The summed E-state index contributed by atoms with van der Waals surface area (Å²) in [7, 11) is -3.13.